The predicted octanol–water partition coefficient (Wildman–Crippen LogP) is 2.41. The van der Waals surface area contributed by atoms with Gasteiger partial charge in [0, 0.05) is 12.6 Å². The average molecular weight is 203 g/mol. The Kier molecular flexibility index (Phi) is 4.46. The van der Waals surface area contributed by atoms with Crippen molar-refractivity contribution in [1.82, 2.24) is 5.32 Å². The van der Waals surface area contributed by atoms with Crippen LogP contribution in [0.25, 0.3) is 0 Å². The van der Waals surface area contributed by atoms with Crippen molar-refractivity contribution in [2.24, 2.45) is 0 Å². The zero-order valence-corrected chi connectivity index (χ0v) is 7.69. The minimum Gasteiger partial charge on any atom is -0.313 e. The molecular formula is C10H12F3N. The fourth-order valence-corrected chi connectivity index (χ4v) is 1.14. The van der Waals surface area contributed by atoms with Crippen LogP contribution in [-0.2, 0) is 6.54 Å². The Balaban J connectivity index is 2.42. The maximum absolute atomic E-state index is 12.7. The molecule has 0 heterocycles. The van der Waals surface area contributed by atoms with Crippen molar-refractivity contribution in [2.75, 3.05) is 13.2 Å². The Bertz CT molecular complexity index is 268. The summed E-state index contributed by atoms with van der Waals surface area (Å²) in [6.07, 6.45) is 0.414. The average Bonchev–Trinajstić information content (AvgIpc) is 2.11. The summed E-state index contributed by atoms with van der Waals surface area (Å²) in [6.45, 7) is 0.480. The molecule has 0 unspecified atom stereocenters. The molecule has 0 amide bonds. The number of rotatable bonds is 5. The number of alkyl halides is 1. The third-order valence-corrected chi connectivity index (χ3v) is 1.74. The van der Waals surface area contributed by atoms with Gasteiger partial charge in [0.05, 0.1) is 6.67 Å². The van der Waals surface area contributed by atoms with E-state index in [1.807, 2.05) is 0 Å². The monoisotopic (exact) mass is 203 g/mol. The lowest BCUT2D eigenvalue weighted by Gasteiger charge is -2.03. The fraction of sp³-hybridized carbons (Fsp3) is 0.400. The molecule has 14 heavy (non-hydrogen) atoms. The molecule has 1 aromatic rings. The van der Waals surface area contributed by atoms with Crippen molar-refractivity contribution >= 4 is 0 Å². The number of halogens is 3. The van der Waals surface area contributed by atoms with Crippen molar-refractivity contribution in [3.63, 3.8) is 0 Å². The minimum atomic E-state index is -0.590. The van der Waals surface area contributed by atoms with Gasteiger partial charge in [0.25, 0.3) is 0 Å². The molecule has 4 heteroatoms. The first-order valence-electron chi connectivity index (χ1n) is 4.44. The quantitative estimate of drug-likeness (QED) is 0.724. The molecule has 0 aromatic heterocycles. The number of benzene rings is 1. The largest absolute Gasteiger partial charge is 0.313 e. The first-order valence-corrected chi connectivity index (χ1v) is 4.44. The highest BCUT2D eigenvalue weighted by molar-refractivity contribution is 5.17. The maximum Gasteiger partial charge on any atom is 0.126 e. The highest BCUT2D eigenvalue weighted by Crippen LogP contribution is 2.07. The third-order valence-electron chi connectivity index (χ3n) is 1.74. The van der Waals surface area contributed by atoms with Gasteiger partial charge in [-0.2, -0.15) is 0 Å². The third kappa shape index (κ3) is 3.79. The lowest BCUT2D eigenvalue weighted by molar-refractivity contribution is 0.459. The molecular weight excluding hydrogens is 191 g/mol. The standard InChI is InChI=1S/C10H12F3N/c11-2-1-3-14-7-8-4-9(12)6-10(13)5-8/h4-6,14H,1-3,7H2. The summed E-state index contributed by atoms with van der Waals surface area (Å²) in [4.78, 5) is 0. The second-order valence-electron chi connectivity index (χ2n) is 3.00. The van der Waals surface area contributed by atoms with Crippen LogP contribution < -0.4 is 5.32 Å². The molecule has 1 rings (SSSR count). The summed E-state index contributed by atoms with van der Waals surface area (Å²) in [5.41, 5.74) is 0.529. The van der Waals surface area contributed by atoms with E-state index in [-0.39, 0.29) is 6.67 Å². The lowest BCUT2D eigenvalue weighted by atomic mass is 10.2. The molecule has 0 spiro atoms. The number of hydrogen-bond acceptors (Lipinski definition) is 1. The normalized spacial score (nSPS) is 10.5. The van der Waals surface area contributed by atoms with Crippen LogP contribution in [0.15, 0.2) is 18.2 Å². The Morgan fingerprint density at radius 3 is 2.29 bits per heavy atom. The molecule has 1 aromatic carbocycles. The van der Waals surface area contributed by atoms with Crippen molar-refractivity contribution in [1.29, 1.82) is 0 Å². The summed E-state index contributed by atoms with van der Waals surface area (Å²) in [5.74, 6) is -1.18. The SMILES string of the molecule is FCCCNCc1cc(F)cc(F)c1. The van der Waals surface area contributed by atoms with E-state index >= 15 is 0 Å². The first-order chi connectivity index (χ1) is 6.72. The summed E-state index contributed by atoms with van der Waals surface area (Å²) in [7, 11) is 0. The van der Waals surface area contributed by atoms with E-state index in [2.05, 4.69) is 5.32 Å². The van der Waals surface area contributed by atoms with E-state index in [1.54, 1.807) is 0 Å². The van der Waals surface area contributed by atoms with Crippen LogP contribution in [0.3, 0.4) is 0 Å². The lowest BCUT2D eigenvalue weighted by Crippen LogP contribution is -2.15. The van der Waals surface area contributed by atoms with Crippen LogP contribution in [0.5, 0.6) is 0 Å². The van der Waals surface area contributed by atoms with Crippen LogP contribution in [0.4, 0.5) is 13.2 Å². The highest BCUT2D eigenvalue weighted by Gasteiger charge is 1.99. The van der Waals surface area contributed by atoms with E-state index in [0.717, 1.165) is 6.07 Å². The van der Waals surface area contributed by atoms with E-state index in [0.29, 0.717) is 25.1 Å². The maximum atomic E-state index is 12.7. The molecule has 0 saturated carbocycles. The van der Waals surface area contributed by atoms with Crippen molar-refractivity contribution < 1.29 is 13.2 Å². The molecule has 0 fully saturated rings. The second-order valence-corrected chi connectivity index (χ2v) is 3.00. The summed E-state index contributed by atoms with van der Waals surface area (Å²) in [5, 5.41) is 2.88. The topological polar surface area (TPSA) is 12.0 Å². The summed E-state index contributed by atoms with van der Waals surface area (Å²) >= 11 is 0. The van der Waals surface area contributed by atoms with Gasteiger partial charge in [0.2, 0.25) is 0 Å². The van der Waals surface area contributed by atoms with E-state index in [4.69, 9.17) is 0 Å². The molecule has 1 nitrogen and oxygen atoms in total. The van der Waals surface area contributed by atoms with E-state index < -0.39 is 11.6 Å². The summed E-state index contributed by atoms with van der Waals surface area (Å²) < 4.78 is 37.0. The fourth-order valence-electron chi connectivity index (χ4n) is 1.14. The Labute approximate surface area is 80.9 Å². The molecule has 0 aliphatic heterocycles. The van der Waals surface area contributed by atoms with Gasteiger partial charge in [-0.1, -0.05) is 0 Å². The smallest absolute Gasteiger partial charge is 0.126 e. The number of nitrogens with one attached hydrogen (secondary N) is 1. The Hall–Kier alpha value is -1.03. The molecule has 1 N–H and O–H groups in total. The van der Waals surface area contributed by atoms with Gasteiger partial charge in [0.15, 0.2) is 0 Å². The van der Waals surface area contributed by atoms with Gasteiger partial charge in [-0.25, -0.2) is 8.78 Å². The zero-order chi connectivity index (χ0) is 10.4. The highest BCUT2D eigenvalue weighted by atomic mass is 19.1. The molecule has 0 aliphatic rings. The van der Waals surface area contributed by atoms with Gasteiger partial charge in [0.1, 0.15) is 11.6 Å². The molecule has 0 atom stereocenters. The zero-order valence-electron chi connectivity index (χ0n) is 7.69. The minimum absolute atomic E-state index is 0.356. The van der Waals surface area contributed by atoms with Crippen molar-refractivity contribution in [3.05, 3.63) is 35.4 Å². The second kappa shape index (κ2) is 5.65. The summed E-state index contributed by atoms with van der Waals surface area (Å²) in [6, 6.07) is 3.34. The van der Waals surface area contributed by atoms with Crippen LogP contribution in [0.2, 0.25) is 0 Å². The van der Waals surface area contributed by atoms with Crippen LogP contribution in [0, 0.1) is 11.6 Å². The van der Waals surface area contributed by atoms with E-state index in [1.165, 1.54) is 12.1 Å². The molecule has 0 aliphatic carbocycles. The van der Waals surface area contributed by atoms with Crippen LogP contribution >= 0.6 is 0 Å². The molecule has 0 saturated heterocycles. The first kappa shape index (κ1) is 11.0. The predicted molar refractivity (Wildman–Crippen MR) is 48.7 cm³/mol. The Morgan fingerprint density at radius 2 is 1.71 bits per heavy atom. The van der Waals surface area contributed by atoms with Gasteiger partial charge in [-0.05, 0) is 30.7 Å². The van der Waals surface area contributed by atoms with Gasteiger partial charge in [-0.3, -0.25) is 4.39 Å². The van der Waals surface area contributed by atoms with Gasteiger partial charge < -0.3 is 5.32 Å². The van der Waals surface area contributed by atoms with Crippen LogP contribution in [0.1, 0.15) is 12.0 Å². The van der Waals surface area contributed by atoms with Gasteiger partial charge in [-0.15, -0.1) is 0 Å². The molecule has 0 radical (unpaired) electrons. The van der Waals surface area contributed by atoms with Crippen molar-refractivity contribution in [2.45, 2.75) is 13.0 Å². The van der Waals surface area contributed by atoms with Gasteiger partial charge >= 0.3 is 0 Å². The number of hydrogen-bond donors (Lipinski definition) is 1. The van der Waals surface area contributed by atoms with Crippen LogP contribution in [-0.4, -0.2) is 13.2 Å². The molecule has 78 valence electrons. The molecule has 0 bridgehead atoms. The van der Waals surface area contributed by atoms with Crippen molar-refractivity contribution in [3.8, 4) is 0 Å². The Morgan fingerprint density at radius 1 is 1.07 bits per heavy atom. The van der Waals surface area contributed by atoms with E-state index in [9.17, 15) is 13.2 Å².